The molecule has 0 amide bonds. The van der Waals surface area contributed by atoms with Crippen LogP contribution in [0.1, 0.15) is 98.3 Å². The molecule has 0 aromatic heterocycles. The summed E-state index contributed by atoms with van der Waals surface area (Å²) >= 11 is 0. The van der Waals surface area contributed by atoms with Crippen molar-refractivity contribution < 1.29 is 46.8 Å². The standard InChI is InChI=1S/C31H46F6O4/c1-19-21(16-22(38)17-24(19)39)10-9-20-8-6-15-28(5)23(20)11-12-25(28)27(4,14-7-13-26(2,3)40)18-29(41,30(32,33)34)31(35,36)37/h9-10,22-25,38-41H,1,6-8,11-18H2,2-5H3/b20-9+,21-10-/t22?,23?,24-,25+,27-,28-/m0/s1. The Morgan fingerprint density at radius 1 is 0.951 bits per heavy atom. The lowest BCUT2D eigenvalue weighted by Gasteiger charge is -2.51. The van der Waals surface area contributed by atoms with E-state index in [4.69, 9.17) is 0 Å². The molecule has 0 spiro atoms. The highest BCUT2D eigenvalue weighted by molar-refractivity contribution is 5.38. The molecule has 3 aliphatic rings. The summed E-state index contributed by atoms with van der Waals surface area (Å²) in [6, 6.07) is 0. The molecule has 3 aliphatic carbocycles. The first-order chi connectivity index (χ1) is 18.5. The lowest BCUT2D eigenvalue weighted by molar-refractivity contribution is -0.378. The second-order valence-electron chi connectivity index (χ2n) is 14.0. The van der Waals surface area contributed by atoms with E-state index >= 15 is 0 Å². The van der Waals surface area contributed by atoms with Crippen molar-refractivity contribution in [1.82, 2.24) is 0 Å². The van der Waals surface area contributed by atoms with Crippen molar-refractivity contribution in [3.63, 3.8) is 0 Å². The van der Waals surface area contributed by atoms with Crippen LogP contribution in [0.2, 0.25) is 0 Å². The summed E-state index contributed by atoms with van der Waals surface area (Å²) in [4.78, 5) is 0. The average molecular weight is 597 g/mol. The minimum absolute atomic E-state index is 0.00284. The van der Waals surface area contributed by atoms with Crippen molar-refractivity contribution in [2.75, 3.05) is 0 Å². The van der Waals surface area contributed by atoms with Gasteiger partial charge in [0.15, 0.2) is 0 Å². The van der Waals surface area contributed by atoms with Crippen LogP contribution in [0.3, 0.4) is 0 Å². The normalized spacial score (nSPS) is 33.8. The van der Waals surface area contributed by atoms with Crippen LogP contribution in [0.25, 0.3) is 0 Å². The van der Waals surface area contributed by atoms with Gasteiger partial charge in [-0.05, 0) is 105 Å². The van der Waals surface area contributed by atoms with Crippen LogP contribution >= 0.6 is 0 Å². The zero-order chi connectivity index (χ0) is 31.2. The minimum Gasteiger partial charge on any atom is -0.393 e. The number of hydrogen-bond acceptors (Lipinski definition) is 4. The molecule has 0 aliphatic heterocycles. The number of aliphatic hydroxyl groups is 4. The van der Waals surface area contributed by atoms with Gasteiger partial charge in [-0.25, -0.2) is 0 Å². The Kier molecular flexibility index (Phi) is 9.67. The molecule has 0 bridgehead atoms. The molecule has 0 radical (unpaired) electrons. The van der Waals surface area contributed by atoms with Crippen LogP contribution in [0, 0.1) is 22.7 Å². The quantitative estimate of drug-likeness (QED) is 0.221. The molecule has 236 valence electrons. The molecule has 3 fully saturated rings. The van der Waals surface area contributed by atoms with Gasteiger partial charge in [-0.2, -0.15) is 26.3 Å². The zero-order valence-electron chi connectivity index (χ0n) is 24.5. The fourth-order valence-corrected chi connectivity index (χ4v) is 8.11. The van der Waals surface area contributed by atoms with E-state index in [2.05, 4.69) is 6.58 Å². The fourth-order valence-electron chi connectivity index (χ4n) is 8.11. The molecular formula is C31H46F6O4. The SMILES string of the molecule is C=C1/C(=C\C=C2/CCC[C@@]3(C)C2CC[C@@H]3[C@@](C)(CCCC(C)(C)O)CC(O)(C(F)(F)F)C(F)(F)F)CC(O)C[C@@H]1O. The summed E-state index contributed by atoms with van der Waals surface area (Å²) in [6.07, 6.45) is -7.00. The Hall–Kier alpha value is -1.36. The van der Waals surface area contributed by atoms with Crippen LogP contribution in [0.4, 0.5) is 26.3 Å². The molecular weight excluding hydrogens is 550 g/mol. The lowest BCUT2D eigenvalue weighted by atomic mass is 9.54. The van der Waals surface area contributed by atoms with Crippen molar-refractivity contribution in [3.05, 3.63) is 35.5 Å². The predicted molar refractivity (Wildman–Crippen MR) is 145 cm³/mol. The Morgan fingerprint density at radius 2 is 1.56 bits per heavy atom. The van der Waals surface area contributed by atoms with Crippen molar-refractivity contribution in [3.8, 4) is 0 Å². The maximum Gasteiger partial charge on any atom is 0.426 e. The molecule has 41 heavy (non-hydrogen) atoms. The number of allylic oxidation sites excluding steroid dienone is 3. The van der Waals surface area contributed by atoms with E-state index in [9.17, 15) is 46.8 Å². The first-order valence-electron chi connectivity index (χ1n) is 14.6. The zero-order valence-corrected chi connectivity index (χ0v) is 24.5. The maximum atomic E-state index is 13.9. The van der Waals surface area contributed by atoms with Gasteiger partial charge in [0.2, 0.25) is 0 Å². The van der Waals surface area contributed by atoms with Crippen molar-refractivity contribution in [2.45, 2.75) is 134 Å². The van der Waals surface area contributed by atoms with Gasteiger partial charge in [0.25, 0.3) is 5.60 Å². The molecule has 0 aromatic carbocycles. The molecule has 4 N–H and O–H groups in total. The smallest absolute Gasteiger partial charge is 0.393 e. The third-order valence-electron chi connectivity index (χ3n) is 10.2. The summed E-state index contributed by atoms with van der Waals surface area (Å²) in [5.74, 6) is -0.592. The van der Waals surface area contributed by atoms with E-state index in [0.717, 1.165) is 17.6 Å². The summed E-state index contributed by atoms with van der Waals surface area (Å²) < 4.78 is 83.5. The summed E-state index contributed by atoms with van der Waals surface area (Å²) in [5.41, 5.74) is -5.77. The average Bonchev–Trinajstić information content (AvgIpc) is 3.16. The third kappa shape index (κ3) is 7.07. The Morgan fingerprint density at radius 3 is 2.12 bits per heavy atom. The van der Waals surface area contributed by atoms with Gasteiger partial charge in [0.05, 0.1) is 17.8 Å². The van der Waals surface area contributed by atoms with Crippen molar-refractivity contribution in [2.24, 2.45) is 22.7 Å². The largest absolute Gasteiger partial charge is 0.426 e. The topological polar surface area (TPSA) is 80.9 Å². The number of aliphatic hydroxyl groups excluding tert-OH is 2. The van der Waals surface area contributed by atoms with Gasteiger partial charge in [-0.15, -0.1) is 0 Å². The second kappa shape index (κ2) is 11.6. The molecule has 3 rings (SSSR count). The molecule has 2 unspecified atom stereocenters. The lowest BCUT2D eigenvalue weighted by Crippen LogP contribution is -2.60. The summed E-state index contributed by atoms with van der Waals surface area (Å²) in [5, 5.41) is 40.8. The molecule has 6 atom stereocenters. The number of alkyl halides is 6. The van der Waals surface area contributed by atoms with Crippen LogP contribution in [-0.4, -0.2) is 56.2 Å². The van der Waals surface area contributed by atoms with Crippen LogP contribution in [-0.2, 0) is 0 Å². The van der Waals surface area contributed by atoms with Crippen LogP contribution < -0.4 is 0 Å². The molecule has 0 aromatic rings. The predicted octanol–water partition coefficient (Wildman–Crippen LogP) is 7.32. The molecule has 0 saturated heterocycles. The maximum absolute atomic E-state index is 13.9. The molecule has 3 saturated carbocycles. The van der Waals surface area contributed by atoms with Gasteiger partial charge in [-0.3, -0.25) is 0 Å². The van der Waals surface area contributed by atoms with E-state index in [0.29, 0.717) is 37.7 Å². The Labute approximate surface area is 239 Å². The highest BCUT2D eigenvalue weighted by Gasteiger charge is 2.72. The van der Waals surface area contributed by atoms with E-state index in [1.165, 1.54) is 6.92 Å². The molecule has 0 heterocycles. The third-order valence-corrected chi connectivity index (χ3v) is 10.2. The van der Waals surface area contributed by atoms with Crippen LogP contribution in [0.5, 0.6) is 0 Å². The minimum atomic E-state index is -5.90. The molecule has 4 nitrogen and oxygen atoms in total. The van der Waals surface area contributed by atoms with E-state index in [1.54, 1.807) is 13.8 Å². The Balaban J connectivity index is 1.99. The van der Waals surface area contributed by atoms with Gasteiger partial charge >= 0.3 is 12.4 Å². The van der Waals surface area contributed by atoms with Gasteiger partial charge < -0.3 is 20.4 Å². The number of rotatable bonds is 8. The van der Waals surface area contributed by atoms with Crippen molar-refractivity contribution >= 4 is 0 Å². The fraction of sp³-hybridized carbons (Fsp3) is 0.806. The van der Waals surface area contributed by atoms with Gasteiger partial charge in [-0.1, -0.05) is 44.6 Å². The summed E-state index contributed by atoms with van der Waals surface area (Å²) in [6.45, 7) is 10.4. The first kappa shape index (κ1) is 34.1. The van der Waals surface area contributed by atoms with E-state index in [-0.39, 0.29) is 31.6 Å². The van der Waals surface area contributed by atoms with Gasteiger partial charge in [0, 0.05) is 6.42 Å². The van der Waals surface area contributed by atoms with Gasteiger partial charge in [0.1, 0.15) is 0 Å². The highest BCUT2D eigenvalue weighted by atomic mass is 19.4. The van der Waals surface area contributed by atoms with Crippen LogP contribution in [0.15, 0.2) is 35.5 Å². The highest BCUT2D eigenvalue weighted by Crippen LogP contribution is 2.65. The number of hydrogen-bond donors (Lipinski definition) is 4. The van der Waals surface area contributed by atoms with Crippen molar-refractivity contribution in [1.29, 1.82) is 0 Å². The monoisotopic (exact) mass is 596 g/mol. The molecule has 10 heteroatoms. The van der Waals surface area contributed by atoms with E-state index < -0.39 is 58.9 Å². The Bertz CT molecular complexity index is 1010. The number of fused-ring (bicyclic) bond motifs is 1. The first-order valence-corrected chi connectivity index (χ1v) is 14.6. The van der Waals surface area contributed by atoms with E-state index in [1.807, 2.05) is 19.1 Å². The summed E-state index contributed by atoms with van der Waals surface area (Å²) in [7, 11) is 0. The second-order valence-corrected chi connectivity index (χ2v) is 14.0. The number of halogens is 6.